The van der Waals surface area contributed by atoms with Crippen LogP contribution in [-0.4, -0.2) is 39.0 Å². The monoisotopic (exact) mass is 347 g/mol. The number of carbonyl (C=O) groups is 2. The molecule has 132 valence electrons. The van der Waals surface area contributed by atoms with Crippen molar-refractivity contribution < 1.29 is 18.4 Å². The lowest BCUT2D eigenvalue weighted by molar-refractivity contribution is -0.131. The van der Waals surface area contributed by atoms with Gasteiger partial charge in [0.2, 0.25) is 5.91 Å². The van der Waals surface area contributed by atoms with Gasteiger partial charge in [-0.1, -0.05) is 6.07 Å². The van der Waals surface area contributed by atoms with E-state index in [-0.39, 0.29) is 36.1 Å². The van der Waals surface area contributed by atoms with Gasteiger partial charge in [-0.05, 0) is 24.5 Å². The smallest absolute Gasteiger partial charge is 0.227 e. The summed E-state index contributed by atoms with van der Waals surface area (Å²) in [4.78, 5) is 26.5. The molecule has 0 radical (unpaired) electrons. The molecule has 0 aliphatic carbocycles. The van der Waals surface area contributed by atoms with E-state index in [0.29, 0.717) is 12.1 Å². The third-order valence-corrected chi connectivity index (χ3v) is 4.50. The van der Waals surface area contributed by atoms with E-state index < -0.39 is 11.6 Å². The van der Waals surface area contributed by atoms with Crippen molar-refractivity contribution in [3.8, 4) is 0 Å². The number of benzene rings is 1. The summed E-state index contributed by atoms with van der Waals surface area (Å²) in [5, 5.41) is 3.98. The van der Waals surface area contributed by atoms with E-state index in [1.54, 1.807) is 22.8 Å². The SMILES string of the molecule is Cn1cc(C(=O)CC2CCCN2C(=O)Cc2ccc(F)cc2F)cn1. The van der Waals surface area contributed by atoms with Gasteiger partial charge in [-0.3, -0.25) is 14.3 Å². The lowest BCUT2D eigenvalue weighted by Gasteiger charge is -2.24. The van der Waals surface area contributed by atoms with Gasteiger partial charge in [0.15, 0.2) is 5.78 Å². The third kappa shape index (κ3) is 3.92. The van der Waals surface area contributed by atoms with Crippen LogP contribution in [0.4, 0.5) is 8.78 Å². The van der Waals surface area contributed by atoms with Crippen molar-refractivity contribution in [2.75, 3.05) is 6.54 Å². The molecule has 0 saturated carbocycles. The molecule has 2 heterocycles. The minimum atomic E-state index is -0.726. The van der Waals surface area contributed by atoms with Crippen LogP contribution in [0, 0.1) is 11.6 Å². The first kappa shape index (κ1) is 17.3. The van der Waals surface area contributed by atoms with Crippen molar-refractivity contribution in [2.24, 2.45) is 7.05 Å². The average Bonchev–Trinajstić information content (AvgIpc) is 3.19. The molecule has 0 bridgehead atoms. The quantitative estimate of drug-likeness (QED) is 0.781. The van der Waals surface area contributed by atoms with Crippen LogP contribution in [0.2, 0.25) is 0 Å². The summed E-state index contributed by atoms with van der Waals surface area (Å²) >= 11 is 0. The summed E-state index contributed by atoms with van der Waals surface area (Å²) in [6, 6.07) is 3.01. The molecule has 7 heteroatoms. The number of carbonyl (C=O) groups excluding carboxylic acids is 2. The van der Waals surface area contributed by atoms with Crippen LogP contribution in [0.3, 0.4) is 0 Å². The van der Waals surface area contributed by atoms with Crippen molar-refractivity contribution in [3.05, 3.63) is 53.4 Å². The number of rotatable bonds is 5. The normalized spacial score (nSPS) is 17.1. The first-order valence-electron chi connectivity index (χ1n) is 8.19. The predicted octanol–water partition coefficient (Wildman–Crippen LogP) is 2.50. The Morgan fingerprint density at radius 1 is 1.32 bits per heavy atom. The van der Waals surface area contributed by atoms with Crippen LogP contribution in [-0.2, 0) is 18.3 Å². The highest BCUT2D eigenvalue weighted by Crippen LogP contribution is 2.23. The van der Waals surface area contributed by atoms with E-state index in [1.807, 2.05) is 0 Å². The van der Waals surface area contributed by atoms with Gasteiger partial charge < -0.3 is 4.90 Å². The Morgan fingerprint density at radius 3 is 2.80 bits per heavy atom. The number of likely N-dealkylation sites (tertiary alicyclic amines) is 1. The molecule has 1 saturated heterocycles. The highest BCUT2D eigenvalue weighted by Gasteiger charge is 2.31. The molecular formula is C18H19F2N3O2. The minimum absolute atomic E-state index is 0.0641. The summed E-state index contributed by atoms with van der Waals surface area (Å²) in [5.41, 5.74) is 0.682. The fourth-order valence-corrected chi connectivity index (χ4v) is 3.20. The molecule has 1 atom stereocenters. The largest absolute Gasteiger partial charge is 0.339 e. The van der Waals surface area contributed by atoms with Gasteiger partial charge in [0.25, 0.3) is 0 Å². The maximum Gasteiger partial charge on any atom is 0.227 e. The topological polar surface area (TPSA) is 55.2 Å². The second kappa shape index (κ2) is 7.13. The summed E-state index contributed by atoms with van der Waals surface area (Å²) in [5.74, 6) is -1.71. The molecule has 2 aromatic rings. The van der Waals surface area contributed by atoms with Gasteiger partial charge in [-0.15, -0.1) is 0 Å². The molecule has 0 N–H and O–H groups in total. The first-order valence-corrected chi connectivity index (χ1v) is 8.19. The number of aromatic nitrogens is 2. The maximum absolute atomic E-state index is 13.8. The van der Waals surface area contributed by atoms with Crippen LogP contribution >= 0.6 is 0 Å². The van der Waals surface area contributed by atoms with Gasteiger partial charge in [-0.2, -0.15) is 5.10 Å². The second-order valence-electron chi connectivity index (χ2n) is 6.33. The van der Waals surface area contributed by atoms with E-state index in [4.69, 9.17) is 0 Å². The Bertz CT molecular complexity index is 803. The molecular weight excluding hydrogens is 328 g/mol. The fourth-order valence-electron chi connectivity index (χ4n) is 3.20. The molecule has 1 unspecified atom stereocenters. The number of aryl methyl sites for hydroxylation is 1. The Balaban J connectivity index is 1.66. The van der Waals surface area contributed by atoms with Crippen molar-refractivity contribution in [1.82, 2.24) is 14.7 Å². The van der Waals surface area contributed by atoms with E-state index in [2.05, 4.69) is 5.10 Å². The summed E-state index contributed by atoms with van der Waals surface area (Å²) < 4.78 is 28.3. The predicted molar refractivity (Wildman–Crippen MR) is 87.0 cm³/mol. The molecule has 25 heavy (non-hydrogen) atoms. The molecule has 1 aromatic heterocycles. The lowest BCUT2D eigenvalue weighted by atomic mass is 10.0. The highest BCUT2D eigenvalue weighted by molar-refractivity contribution is 5.96. The van der Waals surface area contributed by atoms with Crippen LogP contribution in [0.25, 0.3) is 0 Å². The van der Waals surface area contributed by atoms with Crippen LogP contribution in [0.15, 0.2) is 30.6 Å². The van der Waals surface area contributed by atoms with Gasteiger partial charge in [0.05, 0.1) is 18.2 Å². The summed E-state index contributed by atoms with van der Waals surface area (Å²) in [6.07, 6.45) is 4.80. The Hall–Kier alpha value is -2.57. The van der Waals surface area contributed by atoms with E-state index in [0.717, 1.165) is 25.0 Å². The fraction of sp³-hybridized carbons (Fsp3) is 0.389. The maximum atomic E-state index is 13.8. The number of halogens is 2. The minimum Gasteiger partial charge on any atom is -0.339 e. The number of amides is 1. The molecule has 1 aromatic carbocycles. The Kier molecular flexibility index (Phi) is 4.92. The molecule has 1 amide bonds. The van der Waals surface area contributed by atoms with Gasteiger partial charge in [-0.25, -0.2) is 8.78 Å². The van der Waals surface area contributed by atoms with Gasteiger partial charge >= 0.3 is 0 Å². The number of hydrogen-bond acceptors (Lipinski definition) is 3. The molecule has 3 rings (SSSR count). The number of hydrogen-bond donors (Lipinski definition) is 0. The van der Waals surface area contributed by atoms with Gasteiger partial charge in [0.1, 0.15) is 11.6 Å². The van der Waals surface area contributed by atoms with E-state index in [9.17, 15) is 18.4 Å². The number of Topliss-reactive ketones (excluding diaryl/α,β-unsaturated/α-hetero) is 1. The van der Waals surface area contributed by atoms with Crippen LogP contribution in [0.5, 0.6) is 0 Å². The summed E-state index contributed by atoms with van der Waals surface area (Å²) in [7, 11) is 1.74. The van der Waals surface area contributed by atoms with Crippen molar-refractivity contribution in [3.63, 3.8) is 0 Å². The zero-order valence-corrected chi connectivity index (χ0v) is 13.9. The molecule has 1 fully saturated rings. The van der Waals surface area contributed by atoms with Crippen molar-refractivity contribution >= 4 is 11.7 Å². The molecule has 1 aliphatic heterocycles. The van der Waals surface area contributed by atoms with Crippen LogP contribution in [0.1, 0.15) is 35.2 Å². The number of ketones is 1. The highest BCUT2D eigenvalue weighted by atomic mass is 19.1. The van der Waals surface area contributed by atoms with Crippen molar-refractivity contribution in [2.45, 2.75) is 31.7 Å². The zero-order chi connectivity index (χ0) is 18.0. The lowest BCUT2D eigenvalue weighted by Crippen LogP contribution is -2.38. The number of nitrogens with zero attached hydrogens (tertiary/aromatic N) is 3. The van der Waals surface area contributed by atoms with Crippen molar-refractivity contribution in [1.29, 1.82) is 0 Å². The third-order valence-electron chi connectivity index (χ3n) is 4.50. The average molecular weight is 347 g/mol. The molecule has 0 spiro atoms. The van der Waals surface area contributed by atoms with Crippen LogP contribution < -0.4 is 0 Å². The van der Waals surface area contributed by atoms with E-state index >= 15 is 0 Å². The Morgan fingerprint density at radius 2 is 2.12 bits per heavy atom. The van der Waals surface area contributed by atoms with E-state index in [1.165, 1.54) is 12.3 Å². The summed E-state index contributed by atoms with van der Waals surface area (Å²) in [6.45, 7) is 0.548. The first-order chi connectivity index (χ1) is 11.9. The molecule has 5 nitrogen and oxygen atoms in total. The standard InChI is InChI=1S/C18H19F2N3O2/c1-22-11-13(10-21-22)17(24)9-15-3-2-6-23(15)18(25)7-12-4-5-14(19)8-16(12)20/h4-5,8,10-11,15H,2-3,6-7,9H2,1H3. The zero-order valence-electron chi connectivity index (χ0n) is 13.9. The second-order valence-corrected chi connectivity index (χ2v) is 6.33. The molecule has 1 aliphatic rings. The Labute approximate surface area is 144 Å². The van der Waals surface area contributed by atoms with Gasteiger partial charge in [0, 0.05) is 38.3 Å².